The van der Waals surface area contributed by atoms with Crippen LogP contribution in [0.25, 0.3) is 33.7 Å². The molecule has 178 valence electrons. The van der Waals surface area contributed by atoms with E-state index in [1.807, 2.05) is 0 Å². The van der Waals surface area contributed by atoms with E-state index in [4.69, 9.17) is 0 Å². The third-order valence-corrected chi connectivity index (χ3v) is 7.32. The summed E-state index contributed by atoms with van der Waals surface area (Å²) in [4.78, 5) is 10.5. The van der Waals surface area contributed by atoms with Crippen molar-refractivity contribution in [3.05, 3.63) is 83.3 Å². The molecule has 0 saturated carbocycles. The minimum Gasteiger partial charge on any atom is -0.343 e. The first-order valence-electron chi connectivity index (χ1n) is 10.2. The third kappa shape index (κ3) is 3.85. The summed E-state index contributed by atoms with van der Waals surface area (Å²) >= 11 is 0. The van der Waals surface area contributed by atoms with Crippen LogP contribution in [0.1, 0.15) is 11.1 Å². The topological polar surface area (TPSA) is 104 Å². The number of hydrogen-bond acceptors (Lipinski definition) is 5. The Balaban J connectivity index is 1.60. The van der Waals surface area contributed by atoms with E-state index >= 15 is 8.78 Å². The zero-order chi connectivity index (χ0) is 24.9. The van der Waals surface area contributed by atoms with Crippen molar-refractivity contribution in [2.75, 3.05) is 0 Å². The van der Waals surface area contributed by atoms with E-state index in [0.717, 1.165) is 24.3 Å². The number of aromatic amines is 2. The molecule has 3 heterocycles. The van der Waals surface area contributed by atoms with Crippen LogP contribution >= 0.6 is 0 Å². The number of benzene rings is 2. The number of sulfone groups is 1. The molecule has 3 aromatic heterocycles. The van der Waals surface area contributed by atoms with E-state index in [1.54, 1.807) is 6.20 Å². The summed E-state index contributed by atoms with van der Waals surface area (Å²) in [7, 11) is -4.21. The van der Waals surface area contributed by atoms with Gasteiger partial charge in [0.2, 0.25) is 0 Å². The maximum atomic E-state index is 15.4. The van der Waals surface area contributed by atoms with Gasteiger partial charge in [-0.25, -0.2) is 31.0 Å². The molecule has 0 aliphatic heterocycles. The normalized spacial score (nSPS) is 11.9. The van der Waals surface area contributed by atoms with E-state index < -0.39 is 55.7 Å². The minimum atomic E-state index is -4.21. The number of H-pyrrole nitrogens is 2. The quantitative estimate of drug-likeness (QED) is 0.335. The lowest BCUT2D eigenvalue weighted by atomic mass is 10.0. The second-order valence-corrected chi connectivity index (χ2v) is 9.74. The number of hydrogen-bond donors (Lipinski definition) is 2. The monoisotopic (exact) mass is 501 g/mol. The van der Waals surface area contributed by atoms with Crippen LogP contribution in [0, 0.1) is 30.2 Å². The van der Waals surface area contributed by atoms with Gasteiger partial charge in [-0.15, -0.1) is 0 Å². The van der Waals surface area contributed by atoms with E-state index in [1.165, 1.54) is 25.4 Å². The number of nitrogens with zero attached hydrogens (tertiary/aromatic N) is 3. The molecule has 12 heteroatoms. The molecule has 0 aliphatic rings. The highest BCUT2D eigenvalue weighted by atomic mass is 32.2. The predicted octanol–water partition coefficient (Wildman–Crippen LogP) is 4.85. The Morgan fingerprint density at radius 2 is 1.80 bits per heavy atom. The highest BCUT2D eigenvalue weighted by Crippen LogP contribution is 2.34. The van der Waals surface area contributed by atoms with Crippen LogP contribution in [0.5, 0.6) is 0 Å². The van der Waals surface area contributed by atoms with Crippen LogP contribution in [0.15, 0.2) is 53.8 Å². The Kier molecular flexibility index (Phi) is 5.39. The predicted molar refractivity (Wildman–Crippen MR) is 119 cm³/mol. The number of imidazole rings is 1. The van der Waals surface area contributed by atoms with Gasteiger partial charge in [0.1, 0.15) is 34.4 Å². The fraction of sp³-hybridized carbons (Fsp3) is 0.0870. The highest BCUT2D eigenvalue weighted by molar-refractivity contribution is 7.90. The first-order valence-corrected chi connectivity index (χ1v) is 11.8. The Hall–Kier alpha value is -4.06. The molecular weight excluding hydrogens is 486 g/mol. The first kappa shape index (κ1) is 22.7. The molecule has 0 amide bonds. The van der Waals surface area contributed by atoms with Crippen LogP contribution in [-0.2, 0) is 15.6 Å². The van der Waals surface area contributed by atoms with Gasteiger partial charge in [0.15, 0.2) is 21.5 Å². The Labute approximate surface area is 195 Å². The molecule has 5 rings (SSSR count). The average Bonchev–Trinajstić information content (AvgIpc) is 3.49. The van der Waals surface area contributed by atoms with Crippen LogP contribution in [0.3, 0.4) is 0 Å². The number of fused-ring (bicyclic) bond motifs is 1. The van der Waals surface area contributed by atoms with E-state index in [-0.39, 0.29) is 21.4 Å². The molecule has 2 aromatic carbocycles. The van der Waals surface area contributed by atoms with Crippen molar-refractivity contribution in [2.24, 2.45) is 0 Å². The van der Waals surface area contributed by atoms with Gasteiger partial charge in [-0.05, 0) is 30.7 Å². The van der Waals surface area contributed by atoms with Gasteiger partial charge in [0.25, 0.3) is 0 Å². The molecule has 0 bridgehead atoms. The zero-order valence-corrected chi connectivity index (χ0v) is 18.7. The van der Waals surface area contributed by atoms with Gasteiger partial charge in [0.05, 0.1) is 21.6 Å². The van der Waals surface area contributed by atoms with E-state index in [2.05, 4.69) is 25.1 Å². The number of halogens is 4. The second kappa shape index (κ2) is 8.31. The van der Waals surface area contributed by atoms with Crippen molar-refractivity contribution in [1.82, 2.24) is 25.1 Å². The molecule has 0 saturated heterocycles. The lowest BCUT2D eigenvalue weighted by Gasteiger charge is -2.12. The number of rotatable bonds is 5. The van der Waals surface area contributed by atoms with Crippen molar-refractivity contribution < 1.29 is 26.0 Å². The Bertz CT molecular complexity index is 1700. The lowest BCUT2D eigenvalue weighted by Crippen LogP contribution is -2.10. The smallest absolute Gasteiger partial charge is 0.182 e. The molecule has 7 nitrogen and oxygen atoms in total. The van der Waals surface area contributed by atoms with Crippen molar-refractivity contribution in [2.45, 2.75) is 17.6 Å². The van der Waals surface area contributed by atoms with E-state index in [9.17, 15) is 17.2 Å². The molecule has 0 atom stereocenters. The SMILES string of the molecule is Cc1ccc(F)cc1S(=O)(=O)Cc1ccc(F)c(-c2ncc3c(-c4ncc[nH]4)[nH]nc3c2F)c1F. The summed E-state index contributed by atoms with van der Waals surface area (Å²) in [5.74, 6) is -4.85. The van der Waals surface area contributed by atoms with Gasteiger partial charge in [-0.1, -0.05) is 12.1 Å². The largest absolute Gasteiger partial charge is 0.343 e. The number of aryl methyl sites for hydroxylation is 1. The van der Waals surface area contributed by atoms with Gasteiger partial charge in [0, 0.05) is 24.2 Å². The minimum absolute atomic E-state index is 0.224. The fourth-order valence-electron chi connectivity index (χ4n) is 3.81. The first-order chi connectivity index (χ1) is 16.7. The maximum absolute atomic E-state index is 15.4. The summed E-state index contributed by atoms with van der Waals surface area (Å²) in [6.07, 6.45) is 4.22. The summed E-state index contributed by atoms with van der Waals surface area (Å²) in [6, 6.07) is 4.98. The van der Waals surface area contributed by atoms with Crippen LogP contribution in [-0.4, -0.2) is 33.6 Å². The highest BCUT2D eigenvalue weighted by Gasteiger charge is 2.27. The van der Waals surface area contributed by atoms with Gasteiger partial charge in [-0.3, -0.25) is 10.1 Å². The molecular formula is C23H15F4N5O2S. The molecule has 35 heavy (non-hydrogen) atoms. The fourth-order valence-corrected chi connectivity index (χ4v) is 5.45. The molecule has 0 unspecified atom stereocenters. The van der Waals surface area contributed by atoms with Crippen LogP contribution < -0.4 is 0 Å². The zero-order valence-electron chi connectivity index (χ0n) is 17.9. The van der Waals surface area contributed by atoms with Crippen molar-refractivity contribution in [3.8, 4) is 22.8 Å². The van der Waals surface area contributed by atoms with Crippen LogP contribution in [0.2, 0.25) is 0 Å². The second-order valence-electron chi connectivity index (χ2n) is 7.78. The summed E-state index contributed by atoms with van der Waals surface area (Å²) in [5, 5.41) is 6.72. The number of nitrogens with one attached hydrogen (secondary N) is 2. The summed E-state index contributed by atoms with van der Waals surface area (Å²) in [6.45, 7) is 1.47. The van der Waals surface area contributed by atoms with Crippen molar-refractivity contribution in [1.29, 1.82) is 0 Å². The summed E-state index contributed by atoms with van der Waals surface area (Å²) < 4.78 is 84.9. The molecule has 2 N–H and O–H groups in total. The van der Waals surface area contributed by atoms with Gasteiger partial charge >= 0.3 is 0 Å². The summed E-state index contributed by atoms with van der Waals surface area (Å²) in [5.41, 5.74) is -1.58. The van der Waals surface area contributed by atoms with E-state index in [0.29, 0.717) is 11.5 Å². The molecule has 0 fully saturated rings. The molecule has 0 radical (unpaired) electrons. The maximum Gasteiger partial charge on any atom is 0.182 e. The number of pyridine rings is 1. The van der Waals surface area contributed by atoms with Crippen LogP contribution in [0.4, 0.5) is 17.6 Å². The average molecular weight is 501 g/mol. The van der Waals surface area contributed by atoms with Gasteiger partial charge in [-0.2, -0.15) is 5.10 Å². The molecule has 5 aromatic rings. The number of aromatic nitrogens is 5. The Morgan fingerprint density at radius 3 is 2.54 bits per heavy atom. The molecule has 0 spiro atoms. The third-order valence-electron chi connectivity index (χ3n) is 5.52. The van der Waals surface area contributed by atoms with Crippen molar-refractivity contribution in [3.63, 3.8) is 0 Å². The van der Waals surface area contributed by atoms with Crippen molar-refractivity contribution >= 4 is 20.7 Å². The standard InChI is InChI=1S/C23H15F4N5O2S/c1-11-2-4-13(24)8-16(11)35(33,34)10-12-3-5-15(25)17(18(12)26)22-19(27)20-14(9-30-22)21(32-31-20)23-28-6-7-29-23/h2-9H,10H2,1H3,(H,28,29)(H,31,32). The molecule has 0 aliphatic carbocycles. The Morgan fingerprint density at radius 1 is 1.00 bits per heavy atom. The lowest BCUT2D eigenvalue weighted by molar-refractivity contribution is 0.568. The van der Waals surface area contributed by atoms with Gasteiger partial charge < -0.3 is 4.98 Å².